The van der Waals surface area contributed by atoms with E-state index in [1.54, 1.807) is 0 Å². The first kappa shape index (κ1) is 15.2. The number of benzene rings is 1. The Morgan fingerprint density at radius 3 is 2.83 bits per heavy atom. The molecule has 1 amide bonds. The molecule has 2 N–H and O–H groups in total. The molecule has 1 aromatic carbocycles. The number of nitrogens with one attached hydrogen (secondary N) is 1. The maximum absolute atomic E-state index is 11.8. The van der Waals surface area contributed by atoms with E-state index in [0.717, 1.165) is 28.4 Å². The molecular formula is C14H20BrNO2. The molecule has 0 fully saturated rings. The summed E-state index contributed by atoms with van der Waals surface area (Å²) in [5.74, 6) is 0.0332. The minimum absolute atomic E-state index is 0.0332. The van der Waals surface area contributed by atoms with Crippen molar-refractivity contribution in [2.45, 2.75) is 39.2 Å². The summed E-state index contributed by atoms with van der Waals surface area (Å²) in [6.45, 7) is 4.14. The first-order chi connectivity index (χ1) is 8.52. The van der Waals surface area contributed by atoms with Crippen LogP contribution in [0.1, 0.15) is 30.9 Å². The van der Waals surface area contributed by atoms with Gasteiger partial charge in [0.25, 0.3) is 0 Å². The van der Waals surface area contributed by atoms with Crippen LogP contribution in [-0.2, 0) is 11.2 Å². The second-order valence-electron chi connectivity index (χ2n) is 4.58. The molecule has 18 heavy (non-hydrogen) atoms. The Bertz CT molecular complexity index is 407. The van der Waals surface area contributed by atoms with E-state index in [1.165, 1.54) is 0 Å². The van der Waals surface area contributed by atoms with E-state index in [-0.39, 0.29) is 18.6 Å². The lowest BCUT2D eigenvalue weighted by Gasteiger charge is -2.14. The molecule has 0 spiro atoms. The molecule has 0 saturated carbocycles. The fourth-order valence-corrected chi connectivity index (χ4v) is 2.30. The number of aliphatic hydroxyl groups excluding tert-OH is 1. The molecule has 0 radical (unpaired) electrons. The summed E-state index contributed by atoms with van der Waals surface area (Å²) in [7, 11) is 0. The van der Waals surface area contributed by atoms with Crippen LogP contribution in [0, 0.1) is 6.92 Å². The molecule has 1 unspecified atom stereocenters. The molecule has 0 heterocycles. The molecule has 3 nitrogen and oxygen atoms in total. The van der Waals surface area contributed by atoms with Crippen LogP contribution in [0.15, 0.2) is 22.7 Å². The molecule has 0 bridgehead atoms. The van der Waals surface area contributed by atoms with Crippen molar-refractivity contribution < 1.29 is 9.90 Å². The van der Waals surface area contributed by atoms with E-state index < -0.39 is 0 Å². The highest BCUT2D eigenvalue weighted by molar-refractivity contribution is 9.10. The zero-order chi connectivity index (χ0) is 13.5. The number of hydrogen-bond donors (Lipinski definition) is 2. The van der Waals surface area contributed by atoms with Crippen LogP contribution in [0.2, 0.25) is 0 Å². The number of rotatable bonds is 6. The standard InChI is InChI=1S/C14H20BrNO2/c1-10-8-13(15)6-5-12(10)9-14(18)16-11(2)4-3-7-17/h5-6,8,11,17H,3-4,7,9H2,1-2H3,(H,16,18). The normalized spacial score (nSPS) is 12.2. The lowest BCUT2D eigenvalue weighted by atomic mass is 10.1. The third kappa shape index (κ3) is 5.19. The Labute approximate surface area is 117 Å². The molecule has 0 aliphatic carbocycles. The molecule has 1 rings (SSSR count). The van der Waals surface area contributed by atoms with Crippen molar-refractivity contribution in [3.8, 4) is 0 Å². The van der Waals surface area contributed by atoms with Gasteiger partial charge < -0.3 is 10.4 Å². The number of halogens is 1. The zero-order valence-corrected chi connectivity index (χ0v) is 12.5. The summed E-state index contributed by atoms with van der Waals surface area (Å²) in [6.07, 6.45) is 1.93. The zero-order valence-electron chi connectivity index (χ0n) is 10.9. The quantitative estimate of drug-likeness (QED) is 0.848. The van der Waals surface area contributed by atoms with Crippen LogP contribution in [0.3, 0.4) is 0 Å². The third-order valence-corrected chi connectivity index (χ3v) is 3.35. The number of aryl methyl sites for hydroxylation is 1. The highest BCUT2D eigenvalue weighted by Gasteiger charge is 2.09. The van der Waals surface area contributed by atoms with Crippen LogP contribution in [0.4, 0.5) is 0 Å². The van der Waals surface area contributed by atoms with Gasteiger partial charge in [0.2, 0.25) is 5.91 Å². The van der Waals surface area contributed by atoms with Crippen molar-refractivity contribution in [2.75, 3.05) is 6.61 Å². The second kappa shape index (κ2) is 7.54. The van der Waals surface area contributed by atoms with Crippen LogP contribution < -0.4 is 5.32 Å². The fraction of sp³-hybridized carbons (Fsp3) is 0.500. The Kier molecular flexibility index (Phi) is 6.36. The van der Waals surface area contributed by atoms with Gasteiger partial charge in [-0.25, -0.2) is 0 Å². The number of amides is 1. The van der Waals surface area contributed by atoms with Gasteiger partial charge in [-0.2, -0.15) is 0 Å². The monoisotopic (exact) mass is 313 g/mol. The van der Waals surface area contributed by atoms with Crippen LogP contribution >= 0.6 is 15.9 Å². The Balaban J connectivity index is 2.49. The van der Waals surface area contributed by atoms with Crippen molar-refractivity contribution in [2.24, 2.45) is 0 Å². The van der Waals surface area contributed by atoms with Crippen molar-refractivity contribution in [1.29, 1.82) is 0 Å². The van der Waals surface area contributed by atoms with E-state index in [2.05, 4.69) is 21.2 Å². The topological polar surface area (TPSA) is 49.3 Å². The molecule has 0 aromatic heterocycles. The average Bonchev–Trinajstić information content (AvgIpc) is 2.30. The van der Waals surface area contributed by atoms with Gasteiger partial charge >= 0.3 is 0 Å². The van der Waals surface area contributed by atoms with Crippen LogP contribution in [-0.4, -0.2) is 23.7 Å². The summed E-state index contributed by atoms with van der Waals surface area (Å²) in [5, 5.41) is 11.7. The van der Waals surface area contributed by atoms with Gasteiger partial charge in [0.15, 0.2) is 0 Å². The van der Waals surface area contributed by atoms with Crippen molar-refractivity contribution in [3.05, 3.63) is 33.8 Å². The minimum Gasteiger partial charge on any atom is -0.396 e. The number of carbonyl (C=O) groups is 1. The van der Waals surface area contributed by atoms with Crippen LogP contribution in [0.5, 0.6) is 0 Å². The summed E-state index contributed by atoms with van der Waals surface area (Å²) in [4.78, 5) is 11.8. The molecule has 1 aromatic rings. The van der Waals surface area contributed by atoms with Gasteiger partial charge in [-0.3, -0.25) is 4.79 Å². The smallest absolute Gasteiger partial charge is 0.224 e. The Morgan fingerprint density at radius 2 is 2.22 bits per heavy atom. The fourth-order valence-electron chi connectivity index (χ4n) is 1.83. The summed E-state index contributed by atoms with van der Waals surface area (Å²) < 4.78 is 1.03. The van der Waals surface area contributed by atoms with Crippen molar-refractivity contribution >= 4 is 21.8 Å². The van der Waals surface area contributed by atoms with E-state index in [0.29, 0.717) is 6.42 Å². The van der Waals surface area contributed by atoms with Crippen LogP contribution in [0.25, 0.3) is 0 Å². The van der Waals surface area contributed by atoms with Gasteiger partial charge in [-0.1, -0.05) is 22.0 Å². The van der Waals surface area contributed by atoms with E-state index in [9.17, 15) is 4.79 Å². The molecular weight excluding hydrogens is 294 g/mol. The molecule has 0 aliphatic heterocycles. The number of aliphatic hydroxyl groups is 1. The number of carbonyl (C=O) groups excluding carboxylic acids is 1. The Morgan fingerprint density at radius 1 is 1.50 bits per heavy atom. The summed E-state index contributed by atoms with van der Waals surface area (Å²) in [6, 6.07) is 6.04. The Hall–Kier alpha value is -0.870. The SMILES string of the molecule is Cc1cc(Br)ccc1CC(=O)NC(C)CCCO. The number of hydrogen-bond acceptors (Lipinski definition) is 2. The van der Waals surface area contributed by atoms with Gasteiger partial charge in [-0.15, -0.1) is 0 Å². The van der Waals surface area contributed by atoms with Gasteiger partial charge in [0.05, 0.1) is 6.42 Å². The predicted molar refractivity (Wildman–Crippen MR) is 76.5 cm³/mol. The maximum Gasteiger partial charge on any atom is 0.224 e. The van der Waals surface area contributed by atoms with E-state index in [1.807, 2.05) is 32.0 Å². The largest absolute Gasteiger partial charge is 0.396 e. The lowest BCUT2D eigenvalue weighted by Crippen LogP contribution is -2.33. The maximum atomic E-state index is 11.8. The molecule has 100 valence electrons. The van der Waals surface area contributed by atoms with Gasteiger partial charge in [0.1, 0.15) is 0 Å². The molecule has 4 heteroatoms. The minimum atomic E-state index is 0.0332. The third-order valence-electron chi connectivity index (χ3n) is 2.86. The van der Waals surface area contributed by atoms with Crippen molar-refractivity contribution in [1.82, 2.24) is 5.32 Å². The predicted octanol–water partition coefficient (Wildman–Crippen LogP) is 2.58. The molecule has 0 saturated heterocycles. The summed E-state index contributed by atoms with van der Waals surface area (Å²) in [5.41, 5.74) is 2.16. The van der Waals surface area contributed by atoms with Gasteiger partial charge in [0, 0.05) is 17.1 Å². The first-order valence-electron chi connectivity index (χ1n) is 6.18. The molecule has 0 aliphatic rings. The average molecular weight is 314 g/mol. The highest BCUT2D eigenvalue weighted by atomic mass is 79.9. The van der Waals surface area contributed by atoms with E-state index >= 15 is 0 Å². The highest BCUT2D eigenvalue weighted by Crippen LogP contribution is 2.16. The lowest BCUT2D eigenvalue weighted by molar-refractivity contribution is -0.121. The second-order valence-corrected chi connectivity index (χ2v) is 5.50. The molecule has 1 atom stereocenters. The van der Waals surface area contributed by atoms with E-state index in [4.69, 9.17) is 5.11 Å². The van der Waals surface area contributed by atoms with Gasteiger partial charge in [-0.05, 0) is 49.9 Å². The van der Waals surface area contributed by atoms with Crippen molar-refractivity contribution in [3.63, 3.8) is 0 Å². The summed E-state index contributed by atoms with van der Waals surface area (Å²) >= 11 is 3.41. The first-order valence-corrected chi connectivity index (χ1v) is 6.97.